The Morgan fingerprint density at radius 1 is 1.33 bits per heavy atom. The Hall–Kier alpha value is -1.71. The van der Waals surface area contributed by atoms with Gasteiger partial charge in [0.2, 0.25) is 15.9 Å². The van der Waals surface area contributed by atoms with E-state index in [1.54, 1.807) is 25.3 Å². The molecule has 1 aliphatic heterocycles. The molecule has 0 spiro atoms. The van der Waals surface area contributed by atoms with Crippen molar-refractivity contribution in [2.24, 2.45) is 11.1 Å². The molecule has 2 N–H and O–H groups in total. The number of amides is 1. The lowest BCUT2D eigenvalue weighted by atomic mass is 10.0. The number of rotatable bonds is 5. The summed E-state index contributed by atoms with van der Waals surface area (Å²) in [4.78, 5) is 13.9. The largest absolute Gasteiger partial charge is 0.339 e. The van der Waals surface area contributed by atoms with Gasteiger partial charge in [-0.25, -0.2) is 22.0 Å². The van der Waals surface area contributed by atoms with Gasteiger partial charge in [-0.3, -0.25) is 4.79 Å². The molecule has 7 nitrogen and oxygen atoms in total. The van der Waals surface area contributed by atoms with E-state index in [-0.39, 0.29) is 34.9 Å². The highest BCUT2D eigenvalue weighted by atomic mass is 32.2. The van der Waals surface area contributed by atoms with Crippen LogP contribution in [0.3, 0.4) is 0 Å². The zero-order valence-corrected chi connectivity index (χ0v) is 15.0. The van der Waals surface area contributed by atoms with Gasteiger partial charge >= 0.3 is 0 Å². The van der Waals surface area contributed by atoms with Crippen LogP contribution < -0.4 is 5.14 Å². The van der Waals surface area contributed by atoms with Crippen LogP contribution >= 0.6 is 0 Å². The summed E-state index contributed by atoms with van der Waals surface area (Å²) in [5, 5.41) is 6.21. The summed E-state index contributed by atoms with van der Waals surface area (Å²) in [7, 11) is -5.30. The third-order valence-electron chi connectivity index (χ3n) is 4.11. The van der Waals surface area contributed by atoms with Gasteiger partial charge in [0.25, 0.3) is 0 Å². The van der Waals surface area contributed by atoms with Crippen LogP contribution in [0.2, 0.25) is 0 Å². The fourth-order valence-corrected chi connectivity index (χ4v) is 4.43. The molecule has 0 saturated carbocycles. The molecule has 1 aromatic carbocycles. The lowest BCUT2D eigenvalue weighted by Crippen LogP contribution is -2.31. The summed E-state index contributed by atoms with van der Waals surface area (Å²) in [5.41, 5.74) is 0.757. The van der Waals surface area contributed by atoms with Gasteiger partial charge in [0, 0.05) is 24.8 Å². The van der Waals surface area contributed by atoms with Crippen molar-refractivity contribution in [2.75, 3.05) is 12.8 Å². The molecule has 2 rings (SSSR count). The van der Waals surface area contributed by atoms with Crippen molar-refractivity contribution in [3.63, 3.8) is 0 Å². The highest BCUT2D eigenvalue weighted by Gasteiger charge is 2.26. The smallest absolute Gasteiger partial charge is 0.238 e. The Kier molecular flexibility index (Phi) is 5.17. The normalized spacial score (nSPS) is 20.7. The van der Waals surface area contributed by atoms with Gasteiger partial charge in [-0.2, -0.15) is 0 Å². The minimum absolute atomic E-state index is 0.00808. The summed E-state index contributed by atoms with van der Waals surface area (Å²) in [6, 6.07) is 5.72. The molecule has 0 fully saturated rings. The average Bonchev–Trinajstić information content (AvgIpc) is 2.83. The third kappa shape index (κ3) is 4.43. The topological polar surface area (TPSA) is 115 Å². The maximum Gasteiger partial charge on any atom is 0.238 e. The van der Waals surface area contributed by atoms with Crippen LogP contribution in [0, 0.1) is 5.92 Å². The molecule has 0 radical (unpaired) electrons. The van der Waals surface area contributed by atoms with Crippen molar-refractivity contribution in [1.29, 1.82) is 0 Å². The van der Waals surface area contributed by atoms with E-state index < -0.39 is 19.9 Å². The molecule has 132 valence electrons. The number of nitrogens with zero attached hydrogens (tertiary/aromatic N) is 1. The number of hydrogen-bond acceptors (Lipinski definition) is 5. The molecule has 9 heteroatoms. The molecule has 0 bridgehead atoms. The van der Waals surface area contributed by atoms with Crippen molar-refractivity contribution in [2.45, 2.75) is 24.3 Å². The fourth-order valence-electron chi connectivity index (χ4n) is 2.51. The second kappa shape index (κ2) is 6.66. The van der Waals surface area contributed by atoms with E-state index in [0.29, 0.717) is 0 Å². The van der Waals surface area contributed by atoms with Crippen LogP contribution in [0.25, 0.3) is 0 Å². The van der Waals surface area contributed by atoms with E-state index in [4.69, 9.17) is 5.14 Å². The van der Waals surface area contributed by atoms with Gasteiger partial charge in [-0.05, 0) is 24.6 Å². The Morgan fingerprint density at radius 3 is 2.38 bits per heavy atom. The van der Waals surface area contributed by atoms with Crippen LogP contribution in [-0.4, -0.2) is 40.4 Å². The molecule has 1 aliphatic rings. The number of allylic oxidation sites excluding steroid dienone is 1. The zero-order chi connectivity index (χ0) is 18.1. The number of carbonyl (C=O) groups excluding carboxylic acids is 1. The lowest BCUT2D eigenvalue weighted by Gasteiger charge is -2.26. The van der Waals surface area contributed by atoms with Crippen molar-refractivity contribution < 1.29 is 21.6 Å². The van der Waals surface area contributed by atoms with Crippen LogP contribution in [-0.2, 0) is 24.7 Å². The van der Waals surface area contributed by atoms with Crippen LogP contribution in [0.1, 0.15) is 24.9 Å². The van der Waals surface area contributed by atoms with Crippen molar-refractivity contribution in [3.8, 4) is 0 Å². The first kappa shape index (κ1) is 18.6. The predicted molar refractivity (Wildman–Crippen MR) is 90.0 cm³/mol. The van der Waals surface area contributed by atoms with E-state index in [1.165, 1.54) is 17.0 Å². The van der Waals surface area contributed by atoms with Gasteiger partial charge in [-0.1, -0.05) is 18.2 Å². The summed E-state index contributed by atoms with van der Waals surface area (Å²) in [5.74, 6) is -0.518. The maximum absolute atomic E-state index is 12.3. The monoisotopic (exact) mass is 372 g/mol. The van der Waals surface area contributed by atoms with E-state index in [9.17, 15) is 21.6 Å². The van der Waals surface area contributed by atoms with E-state index in [2.05, 4.69) is 0 Å². The number of benzene rings is 1. The predicted octanol–water partition coefficient (Wildman–Crippen LogP) is 0.802. The number of nitrogens with two attached hydrogens (primary N) is 1. The molecular weight excluding hydrogens is 352 g/mol. The van der Waals surface area contributed by atoms with Crippen molar-refractivity contribution >= 4 is 25.8 Å². The van der Waals surface area contributed by atoms with E-state index >= 15 is 0 Å². The highest BCUT2D eigenvalue weighted by Crippen LogP contribution is 2.24. The summed E-state index contributed by atoms with van der Waals surface area (Å²) < 4.78 is 45.3. The van der Waals surface area contributed by atoms with Crippen molar-refractivity contribution in [1.82, 2.24) is 4.90 Å². The van der Waals surface area contributed by atoms with Gasteiger partial charge < -0.3 is 4.90 Å². The Bertz CT molecular complexity index is 858. The van der Waals surface area contributed by atoms with Gasteiger partial charge in [0.05, 0.1) is 16.7 Å². The molecule has 0 unspecified atom stereocenters. The summed E-state index contributed by atoms with van der Waals surface area (Å²) >= 11 is 0. The van der Waals surface area contributed by atoms with Crippen molar-refractivity contribution in [3.05, 3.63) is 41.3 Å². The van der Waals surface area contributed by atoms with E-state index in [0.717, 1.165) is 11.0 Å². The Labute approximate surface area is 142 Å². The van der Waals surface area contributed by atoms with E-state index in [1.807, 2.05) is 6.92 Å². The fraction of sp³-hybridized carbons (Fsp3) is 0.400. The molecule has 2 atom stereocenters. The van der Waals surface area contributed by atoms with Gasteiger partial charge in [0.15, 0.2) is 9.84 Å². The lowest BCUT2D eigenvalue weighted by molar-refractivity contribution is -0.132. The molecule has 1 amide bonds. The number of sulfone groups is 1. The highest BCUT2D eigenvalue weighted by molar-refractivity contribution is 7.94. The summed E-state index contributed by atoms with van der Waals surface area (Å²) in [6.07, 6.45) is 1.67. The number of carbonyl (C=O) groups is 1. The number of sulfonamides is 1. The van der Waals surface area contributed by atoms with Crippen LogP contribution in [0.5, 0.6) is 0 Å². The Morgan fingerprint density at radius 2 is 1.92 bits per heavy atom. The van der Waals surface area contributed by atoms with Gasteiger partial charge in [-0.15, -0.1) is 0 Å². The molecule has 0 saturated heterocycles. The number of primary sulfonamides is 1. The quantitative estimate of drug-likeness (QED) is 0.821. The third-order valence-corrected chi connectivity index (χ3v) is 6.50. The minimum atomic E-state index is -3.75. The molecular formula is C15H20N2O5S2. The molecule has 1 aromatic rings. The standard InChI is InChI=1S/C15H20N2O5S2/c1-11(13-3-5-14(6-4-13)24(16,21)22)17(2)15(18)9-12-7-8-23(19,20)10-12/h3-8,11-12H,9-10H2,1-2H3,(H2,16,21,22)/t11-,12-/m0/s1. The maximum atomic E-state index is 12.3. The van der Waals surface area contributed by atoms with Gasteiger partial charge in [0.1, 0.15) is 0 Å². The molecule has 0 aliphatic carbocycles. The van der Waals surface area contributed by atoms with Crippen LogP contribution in [0.4, 0.5) is 0 Å². The average molecular weight is 372 g/mol. The van der Waals surface area contributed by atoms with Crippen LogP contribution in [0.15, 0.2) is 40.6 Å². The molecule has 1 heterocycles. The molecule has 0 aromatic heterocycles. The summed E-state index contributed by atoms with van der Waals surface area (Å²) in [6.45, 7) is 1.81. The zero-order valence-electron chi connectivity index (χ0n) is 13.4. The first-order chi connectivity index (χ1) is 11.0. The number of hydrogen-bond donors (Lipinski definition) is 1. The minimum Gasteiger partial charge on any atom is -0.339 e. The second-order valence-electron chi connectivity index (χ2n) is 5.92. The SMILES string of the molecule is C[C@@H](c1ccc(S(N)(=O)=O)cc1)N(C)C(=O)C[C@@H]1C=CS(=O)(=O)C1. The Balaban J connectivity index is 2.05. The second-order valence-corrected chi connectivity index (χ2v) is 9.41. The molecule has 24 heavy (non-hydrogen) atoms. The first-order valence-electron chi connectivity index (χ1n) is 7.29. The first-order valence-corrected chi connectivity index (χ1v) is 10.5.